The first-order chi connectivity index (χ1) is 6.34. The number of hydrogen-bond acceptors (Lipinski definition) is 2. The van der Waals surface area contributed by atoms with Gasteiger partial charge in [-0.3, -0.25) is 4.21 Å². The molecule has 0 heterocycles. The summed E-state index contributed by atoms with van der Waals surface area (Å²) in [6.07, 6.45) is 0. The van der Waals surface area contributed by atoms with Crippen molar-refractivity contribution in [3.8, 4) is 5.75 Å². The van der Waals surface area contributed by atoms with Gasteiger partial charge in [-0.25, -0.2) is 0 Å². The summed E-state index contributed by atoms with van der Waals surface area (Å²) in [4.78, 5) is 0.525. The van der Waals surface area contributed by atoms with Gasteiger partial charge in [-0.05, 0) is 39.3 Å². The maximum absolute atomic E-state index is 12.0. The van der Waals surface area contributed by atoms with Crippen LogP contribution in [-0.2, 0) is 10.8 Å². The lowest BCUT2D eigenvalue weighted by Crippen LogP contribution is -2.21. The number of benzene rings is 1. The van der Waals surface area contributed by atoms with Crippen LogP contribution >= 0.6 is 0 Å². The summed E-state index contributed by atoms with van der Waals surface area (Å²) in [5, 5.41) is 9.74. The molecular weight excluding hydrogens is 196 g/mol. The minimum atomic E-state index is -1.17. The quantitative estimate of drug-likeness (QED) is 0.777. The van der Waals surface area contributed by atoms with Gasteiger partial charge in [-0.1, -0.05) is 12.1 Å². The number of phenolic OH excluding ortho intramolecular Hbond substituents is 1. The van der Waals surface area contributed by atoms with Crippen molar-refractivity contribution in [1.29, 1.82) is 0 Å². The van der Waals surface area contributed by atoms with Crippen molar-refractivity contribution in [1.82, 2.24) is 0 Å². The number of hydrogen-bond donors (Lipinski definition) is 1. The first-order valence-electron chi connectivity index (χ1n) is 4.54. The largest absolute Gasteiger partial charge is 0.506 e. The van der Waals surface area contributed by atoms with Crippen molar-refractivity contribution in [3.05, 3.63) is 23.8 Å². The van der Waals surface area contributed by atoms with Crippen molar-refractivity contribution >= 4 is 10.8 Å². The summed E-state index contributed by atoms with van der Waals surface area (Å²) in [5.74, 6) is 0.153. The average molecular weight is 212 g/mol. The Bertz CT molecular complexity index is 364. The molecule has 1 N–H and O–H groups in total. The van der Waals surface area contributed by atoms with Crippen LogP contribution in [0.25, 0.3) is 0 Å². The van der Waals surface area contributed by atoms with Gasteiger partial charge in [-0.15, -0.1) is 0 Å². The van der Waals surface area contributed by atoms with E-state index in [2.05, 4.69) is 0 Å². The molecule has 3 heteroatoms. The van der Waals surface area contributed by atoms with E-state index in [0.717, 1.165) is 5.56 Å². The van der Waals surface area contributed by atoms with Crippen molar-refractivity contribution in [2.45, 2.75) is 37.3 Å². The molecular formula is C11H16O2S. The molecule has 1 unspecified atom stereocenters. The zero-order valence-electron chi connectivity index (χ0n) is 9.00. The van der Waals surface area contributed by atoms with Gasteiger partial charge in [0, 0.05) is 4.75 Å². The molecule has 0 fully saturated rings. The van der Waals surface area contributed by atoms with Crippen LogP contribution in [0.3, 0.4) is 0 Å². The second kappa shape index (κ2) is 3.73. The molecule has 14 heavy (non-hydrogen) atoms. The maximum Gasteiger partial charge on any atom is 0.134 e. The molecule has 0 bridgehead atoms. The van der Waals surface area contributed by atoms with E-state index in [-0.39, 0.29) is 10.5 Å². The van der Waals surface area contributed by atoms with Crippen LogP contribution in [-0.4, -0.2) is 14.1 Å². The van der Waals surface area contributed by atoms with Gasteiger partial charge in [-0.2, -0.15) is 0 Å². The Morgan fingerprint density at radius 1 is 1.29 bits per heavy atom. The highest BCUT2D eigenvalue weighted by molar-refractivity contribution is 7.86. The molecule has 78 valence electrons. The van der Waals surface area contributed by atoms with Crippen molar-refractivity contribution in [2.24, 2.45) is 0 Å². The van der Waals surface area contributed by atoms with Crippen LogP contribution in [0.4, 0.5) is 0 Å². The highest BCUT2D eigenvalue weighted by Gasteiger charge is 2.23. The molecule has 0 aliphatic carbocycles. The number of rotatable bonds is 1. The van der Waals surface area contributed by atoms with Crippen LogP contribution in [0.15, 0.2) is 23.1 Å². The van der Waals surface area contributed by atoms with Crippen molar-refractivity contribution < 1.29 is 9.32 Å². The van der Waals surface area contributed by atoms with Gasteiger partial charge in [0.15, 0.2) is 0 Å². The first kappa shape index (κ1) is 11.2. The number of para-hydroxylation sites is 1. The molecule has 0 aromatic heterocycles. The summed E-state index contributed by atoms with van der Waals surface area (Å²) >= 11 is 0. The standard InChI is InChI=1S/C11H16O2S/c1-8-6-5-7-9(10(8)12)14(13)11(2,3)4/h5-7,12H,1-4H3. The molecule has 0 amide bonds. The first-order valence-corrected chi connectivity index (χ1v) is 5.69. The normalized spacial score (nSPS) is 14.0. The third-order valence-corrected chi connectivity index (χ3v) is 3.80. The molecule has 1 rings (SSSR count). The predicted molar refractivity (Wildman–Crippen MR) is 59.0 cm³/mol. The van der Waals surface area contributed by atoms with E-state index in [1.807, 2.05) is 26.8 Å². The zero-order valence-corrected chi connectivity index (χ0v) is 9.81. The van der Waals surface area contributed by atoms with E-state index in [1.165, 1.54) is 0 Å². The fourth-order valence-electron chi connectivity index (χ4n) is 1.11. The third kappa shape index (κ3) is 2.15. The second-order valence-electron chi connectivity index (χ2n) is 4.30. The summed E-state index contributed by atoms with van der Waals surface area (Å²) in [5.41, 5.74) is 0.764. The van der Waals surface area contributed by atoms with Crippen LogP contribution in [0.5, 0.6) is 5.75 Å². The molecule has 0 spiro atoms. The minimum Gasteiger partial charge on any atom is -0.506 e. The zero-order chi connectivity index (χ0) is 10.9. The fourth-order valence-corrected chi connectivity index (χ4v) is 2.31. The molecule has 0 radical (unpaired) electrons. The lowest BCUT2D eigenvalue weighted by atomic mass is 10.2. The number of aryl methyl sites for hydroxylation is 1. The van der Waals surface area contributed by atoms with Crippen LogP contribution in [0.2, 0.25) is 0 Å². The average Bonchev–Trinajstić information content (AvgIpc) is 2.07. The Balaban J connectivity index is 3.21. The van der Waals surface area contributed by atoms with Gasteiger partial charge in [0.25, 0.3) is 0 Å². The monoisotopic (exact) mass is 212 g/mol. The molecule has 0 saturated carbocycles. The van der Waals surface area contributed by atoms with E-state index in [1.54, 1.807) is 19.1 Å². The van der Waals surface area contributed by atoms with E-state index in [4.69, 9.17) is 0 Å². The molecule has 2 nitrogen and oxygen atoms in total. The number of aromatic hydroxyl groups is 1. The van der Waals surface area contributed by atoms with Crippen LogP contribution in [0, 0.1) is 6.92 Å². The molecule has 1 aromatic rings. The lowest BCUT2D eigenvalue weighted by molar-refractivity contribution is 0.456. The van der Waals surface area contributed by atoms with E-state index >= 15 is 0 Å². The minimum absolute atomic E-state index is 0.153. The van der Waals surface area contributed by atoms with E-state index in [0.29, 0.717) is 4.90 Å². The molecule has 0 aliphatic heterocycles. The number of phenols is 1. The van der Waals surface area contributed by atoms with Gasteiger partial charge in [0.05, 0.1) is 15.7 Å². The molecule has 0 aliphatic rings. The molecule has 1 atom stereocenters. The predicted octanol–water partition coefficient (Wildman–Crippen LogP) is 2.61. The van der Waals surface area contributed by atoms with Crippen molar-refractivity contribution in [3.63, 3.8) is 0 Å². The van der Waals surface area contributed by atoms with Crippen LogP contribution < -0.4 is 0 Å². The van der Waals surface area contributed by atoms with Gasteiger partial charge in [0.2, 0.25) is 0 Å². The highest BCUT2D eigenvalue weighted by atomic mass is 32.2. The summed E-state index contributed by atoms with van der Waals surface area (Å²) in [6, 6.07) is 5.33. The lowest BCUT2D eigenvalue weighted by Gasteiger charge is -2.18. The Morgan fingerprint density at radius 3 is 2.36 bits per heavy atom. The summed E-state index contributed by atoms with van der Waals surface area (Å²) < 4.78 is 11.6. The van der Waals surface area contributed by atoms with Crippen LogP contribution in [0.1, 0.15) is 26.3 Å². The maximum atomic E-state index is 12.0. The second-order valence-corrected chi connectivity index (χ2v) is 6.50. The Hall–Kier alpha value is -0.830. The smallest absolute Gasteiger partial charge is 0.134 e. The molecule has 1 aromatic carbocycles. The van der Waals surface area contributed by atoms with Gasteiger partial charge in [0.1, 0.15) is 5.75 Å². The Morgan fingerprint density at radius 2 is 1.86 bits per heavy atom. The summed E-state index contributed by atoms with van der Waals surface area (Å²) in [6.45, 7) is 7.49. The van der Waals surface area contributed by atoms with Gasteiger partial charge >= 0.3 is 0 Å². The van der Waals surface area contributed by atoms with E-state index in [9.17, 15) is 9.32 Å². The Labute approximate surface area is 87.4 Å². The molecule has 0 saturated heterocycles. The SMILES string of the molecule is Cc1cccc(S(=O)C(C)(C)C)c1O. The highest BCUT2D eigenvalue weighted by Crippen LogP contribution is 2.29. The fraction of sp³-hybridized carbons (Fsp3) is 0.455. The third-order valence-electron chi connectivity index (χ3n) is 1.96. The Kier molecular flexibility index (Phi) is 3.00. The topological polar surface area (TPSA) is 37.3 Å². The van der Waals surface area contributed by atoms with E-state index < -0.39 is 10.8 Å². The van der Waals surface area contributed by atoms with Crippen molar-refractivity contribution in [2.75, 3.05) is 0 Å². The summed E-state index contributed by atoms with van der Waals surface area (Å²) in [7, 11) is -1.17. The van der Waals surface area contributed by atoms with Gasteiger partial charge < -0.3 is 5.11 Å².